The van der Waals surface area contributed by atoms with Gasteiger partial charge in [0.25, 0.3) is 0 Å². The summed E-state index contributed by atoms with van der Waals surface area (Å²) in [6, 6.07) is 8.81. The summed E-state index contributed by atoms with van der Waals surface area (Å²) in [4.78, 5) is 14.6. The minimum atomic E-state index is -0.232. The van der Waals surface area contributed by atoms with Crippen molar-refractivity contribution in [3.05, 3.63) is 54.1 Å². The Balaban J connectivity index is 1.41. The molecule has 5 nitrogen and oxygen atoms in total. The van der Waals surface area contributed by atoms with Crippen LogP contribution < -0.4 is 5.32 Å². The Hall–Kier alpha value is -2.21. The van der Waals surface area contributed by atoms with E-state index in [9.17, 15) is 9.18 Å². The van der Waals surface area contributed by atoms with Crippen molar-refractivity contribution in [2.75, 3.05) is 19.6 Å². The van der Waals surface area contributed by atoms with Crippen LogP contribution in [-0.4, -0.2) is 46.3 Å². The number of nitrogens with zero attached hydrogens (tertiary/aromatic N) is 3. The second-order valence-electron chi connectivity index (χ2n) is 6.90. The van der Waals surface area contributed by atoms with Crippen molar-refractivity contribution >= 4 is 5.91 Å². The SMILES string of the molecule is O=C(CN1CCCC[C@@H]1CCn1cccn1)NCCc1ccc(F)cc1. The summed E-state index contributed by atoms with van der Waals surface area (Å²) in [6.07, 6.45) is 9.04. The lowest BCUT2D eigenvalue weighted by Gasteiger charge is -2.35. The first kappa shape index (κ1) is 18.6. The average Bonchev–Trinajstić information content (AvgIpc) is 3.16. The highest BCUT2D eigenvalue weighted by Crippen LogP contribution is 2.19. The van der Waals surface area contributed by atoms with Crippen LogP contribution in [0.1, 0.15) is 31.2 Å². The zero-order chi connectivity index (χ0) is 18.2. The second-order valence-corrected chi connectivity index (χ2v) is 6.90. The standard InChI is InChI=1S/C20H27FN4O/c21-18-7-5-17(6-8-18)9-12-22-20(26)16-24-13-2-1-4-19(24)10-15-25-14-3-11-23-25/h3,5-8,11,14,19H,1-2,4,9-10,12-13,15-16H2,(H,22,26)/t19-/m1/s1. The van der Waals surface area contributed by atoms with Crippen molar-refractivity contribution in [1.82, 2.24) is 20.0 Å². The van der Waals surface area contributed by atoms with E-state index in [1.54, 1.807) is 18.3 Å². The van der Waals surface area contributed by atoms with E-state index in [0.717, 1.165) is 44.3 Å². The van der Waals surface area contributed by atoms with Gasteiger partial charge in [-0.05, 0) is 56.0 Å². The number of nitrogens with one attached hydrogen (secondary N) is 1. The zero-order valence-corrected chi connectivity index (χ0v) is 15.1. The monoisotopic (exact) mass is 358 g/mol. The second kappa shape index (κ2) is 9.48. The number of halogens is 1. The van der Waals surface area contributed by atoms with Gasteiger partial charge >= 0.3 is 0 Å². The van der Waals surface area contributed by atoms with Crippen LogP contribution in [0, 0.1) is 5.82 Å². The number of hydrogen-bond donors (Lipinski definition) is 1. The fourth-order valence-electron chi connectivity index (χ4n) is 3.55. The zero-order valence-electron chi connectivity index (χ0n) is 15.1. The molecule has 2 heterocycles. The van der Waals surface area contributed by atoms with Crippen molar-refractivity contribution in [2.24, 2.45) is 0 Å². The maximum absolute atomic E-state index is 12.9. The Morgan fingerprint density at radius 3 is 2.88 bits per heavy atom. The molecule has 26 heavy (non-hydrogen) atoms. The van der Waals surface area contributed by atoms with E-state index in [2.05, 4.69) is 15.3 Å². The van der Waals surface area contributed by atoms with E-state index in [0.29, 0.717) is 19.1 Å². The molecule has 1 aromatic heterocycles. The minimum Gasteiger partial charge on any atom is -0.355 e. The van der Waals surface area contributed by atoms with Crippen LogP contribution in [0.5, 0.6) is 0 Å². The largest absolute Gasteiger partial charge is 0.355 e. The fraction of sp³-hybridized carbons (Fsp3) is 0.500. The number of hydrogen-bond acceptors (Lipinski definition) is 3. The van der Waals surface area contributed by atoms with Gasteiger partial charge in [0.15, 0.2) is 0 Å². The molecule has 2 aromatic rings. The third-order valence-corrected chi connectivity index (χ3v) is 5.00. The molecule has 1 N–H and O–H groups in total. The van der Waals surface area contributed by atoms with Gasteiger partial charge in [0.05, 0.1) is 6.54 Å². The van der Waals surface area contributed by atoms with Crippen LogP contribution in [0.3, 0.4) is 0 Å². The third-order valence-electron chi connectivity index (χ3n) is 5.00. The number of likely N-dealkylation sites (tertiary alicyclic amines) is 1. The summed E-state index contributed by atoms with van der Waals surface area (Å²) in [7, 11) is 0. The molecule has 3 rings (SSSR count). The average molecular weight is 358 g/mol. The molecule has 0 spiro atoms. The highest BCUT2D eigenvalue weighted by atomic mass is 19.1. The quantitative estimate of drug-likeness (QED) is 0.789. The molecule has 1 aromatic carbocycles. The van der Waals surface area contributed by atoms with Gasteiger partial charge in [-0.25, -0.2) is 4.39 Å². The summed E-state index contributed by atoms with van der Waals surface area (Å²) < 4.78 is 14.9. The van der Waals surface area contributed by atoms with E-state index in [-0.39, 0.29) is 11.7 Å². The molecule has 1 fully saturated rings. The Morgan fingerprint density at radius 2 is 2.12 bits per heavy atom. The molecule has 1 amide bonds. The smallest absolute Gasteiger partial charge is 0.234 e. The summed E-state index contributed by atoms with van der Waals surface area (Å²) in [6.45, 7) is 2.90. The first-order chi connectivity index (χ1) is 12.7. The van der Waals surface area contributed by atoms with Crippen LogP contribution in [0.2, 0.25) is 0 Å². The Bertz CT molecular complexity index is 672. The molecule has 0 saturated carbocycles. The maximum atomic E-state index is 12.9. The molecule has 6 heteroatoms. The Labute approximate surface area is 154 Å². The van der Waals surface area contributed by atoms with Crippen LogP contribution in [0.25, 0.3) is 0 Å². The van der Waals surface area contributed by atoms with Crippen molar-refractivity contribution in [3.63, 3.8) is 0 Å². The molecule has 0 bridgehead atoms. The van der Waals surface area contributed by atoms with Crippen molar-refractivity contribution in [1.29, 1.82) is 0 Å². The molecular weight excluding hydrogens is 331 g/mol. The predicted octanol–water partition coefficient (Wildman–Crippen LogP) is 2.63. The van der Waals surface area contributed by atoms with Crippen molar-refractivity contribution in [3.8, 4) is 0 Å². The van der Waals surface area contributed by atoms with Crippen LogP contribution in [0.4, 0.5) is 4.39 Å². The topological polar surface area (TPSA) is 50.2 Å². The number of aromatic nitrogens is 2. The molecule has 1 aliphatic heterocycles. The number of piperidine rings is 1. The highest BCUT2D eigenvalue weighted by molar-refractivity contribution is 5.78. The van der Waals surface area contributed by atoms with Crippen molar-refractivity contribution < 1.29 is 9.18 Å². The maximum Gasteiger partial charge on any atom is 0.234 e. The summed E-state index contributed by atoms with van der Waals surface area (Å²) >= 11 is 0. The number of amides is 1. The van der Waals surface area contributed by atoms with Gasteiger partial charge in [0.2, 0.25) is 5.91 Å². The first-order valence-corrected chi connectivity index (χ1v) is 9.43. The molecule has 140 valence electrons. The number of aryl methyl sites for hydroxylation is 1. The molecular formula is C20H27FN4O. The van der Waals surface area contributed by atoms with Crippen LogP contribution in [0.15, 0.2) is 42.7 Å². The predicted molar refractivity (Wildman–Crippen MR) is 99.2 cm³/mol. The van der Waals surface area contributed by atoms with Crippen molar-refractivity contribution in [2.45, 2.75) is 44.7 Å². The van der Waals surface area contributed by atoms with Crippen LogP contribution in [-0.2, 0) is 17.8 Å². The molecule has 0 radical (unpaired) electrons. The fourth-order valence-corrected chi connectivity index (χ4v) is 3.55. The molecule has 0 unspecified atom stereocenters. The third kappa shape index (κ3) is 5.66. The lowest BCUT2D eigenvalue weighted by molar-refractivity contribution is -0.123. The van der Waals surface area contributed by atoms with Gasteiger partial charge < -0.3 is 5.32 Å². The van der Waals surface area contributed by atoms with E-state index < -0.39 is 0 Å². The Kier molecular flexibility index (Phi) is 6.77. The molecule has 1 saturated heterocycles. The van der Waals surface area contributed by atoms with E-state index in [1.807, 2.05) is 16.9 Å². The molecule has 1 atom stereocenters. The number of carbonyl (C=O) groups excluding carboxylic acids is 1. The van der Waals surface area contributed by atoms with Gasteiger partial charge in [-0.3, -0.25) is 14.4 Å². The highest BCUT2D eigenvalue weighted by Gasteiger charge is 2.24. The first-order valence-electron chi connectivity index (χ1n) is 9.43. The number of carbonyl (C=O) groups is 1. The lowest BCUT2D eigenvalue weighted by atomic mass is 9.99. The number of benzene rings is 1. The van der Waals surface area contributed by atoms with E-state index >= 15 is 0 Å². The number of rotatable bonds is 8. The molecule has 0 aliphatic carbocycles. The minimum absolute atomic E-state index is 0.0677. The molecule has 1 aliphatic rings. The van der Waals surface area contributed by atoms with Gasteiger partial charge in [-0.2, -0.15) is 5.10 Å². The normalized spacial score (nSPS) is 18.0. The van der Waals surface area contributed by atoms with E-state index in [1.165, 1.54) is 18.6 Å². The van der Waals surface area contributed by atoms with E-state index in [4.69, 9.17) is 0 Å². The van der Waals surface area contributed by atoms with Gasteiger partial charge in [0, 0.05) is 31.5 Å². The van der Waals surface area contributed by atoms with Crippen LogP contribution >= 0.6 is 0 Å². The summed E-state index contributed by atoms with van der Waals surface area (Å²) in [5.74, 6) is -0.165. The summed E-state index contributed by atoms with van der Waals surface area (Å²) in [5, 5.41) is 7.25. The van der Waals surface area contributed by atoms with Gasteiger partial charge in [-0.1, -0.05) is 18.6 Å². The summed E-state index contributed by atoms with van der Waals surface area (Å²) in [5.41, 5.74) is 1.03. The lowest BCUT2D eigenvalue weighted by Crippen LogP contribution is -2.46. The Morgan fingerprint density at radius 1 is 1.27 bits per heavy atom. The van der Waals surface area contributed by atoms with Gasteiger partial charge in [0.1, 0.15) is 5.82 Å². The van der Waals surface area contributed by atoms with Gasteiger partial charge in [-0.15, -0.1) is 0 Å².